The zero-order valence-corrected chi connectivity index (χ0v) is 27.4. The van der Waals surface area contributed by atoms with Crippen molar-refractivity contribution < 1.29 is 24.2 Å². The molecular weight excluding hydrogens is 590 g/mol. The first kappa shape index (κ1) is 33.2. The molecule has 0 spiro atoms. The minimum absolute atomic E-state index is 0.153. The van der Waals surface area contributed by atoms with Crippen LogP contribution >= 0.6 is 0 Å². The lowest BCUT2D eigenvalue weighted by Crippen LogP contribution is -2.45. The summed E-state index contributed by atoms with van der Waals surface area (Å²) in [6.45, 7) is 7.01. The van der Waals surface area contributed by atoms with E-state index in [0.29, 0.717) is 35.3 Å². The van der Waals surface area contributed by atoms with Crippen molar-refractivity contribution in [1.29, 1.82) is 0 Å². The van der Waals surface area contributed by atoms with Gasteiger partial charge in [-0.3, -0.25) is 9.69 Å². The van der Waals surface area contributed by atoms with Crippen molar-refractivity contribution in [2.24, 2.45) is 17.8 Å². The zero-order chi connectivity index (χ0) is 32.5. The highest BCUT2D eigenvalue weighted by Crippen LogP contribution is 2.34. The Balaban J connectivity index is 1.04. The van der Waals surface area contributed by atoms with Crippen LogP contribution in [0.25, 0.3) is 0 Å². The Hall–Kier alpha value is -3.72. The molecule has 1 atom stereocenters. The highest BCUT2D eigenvalue weighted by atomic mass is 16.5. The van der Waals surface area contributed by atoms with E-state index in [4.69, 9.17) is 9.47 Å². The molecule has 47 heavy (non-hydrogen) atoms. The van der Waals surface area contributed by atoms with E-state index in [1.807, 2.05) is 41.3 Å². The molecule has 3 fully saturated rings. The third-order valence-electron chi connectivity index (χ3n) is 10.2. The number of esters is 1. The van der Waals surface area contributed by atoms with Crippen molar-refractivity contribution in [3.8, 4) is 5.75 Å². The summed E-state index contributed by atoms with van der Waals surface area (Å²) >= 11 is 0. The van der Waals surface area contributed by atoms with Gasteiger partial charge in [0.15, 0.2) is 0 Å². The summed E-state index contributed by atoms with van der Waals surface area (Å²) in [6, 6.07) is 26.7. The lowest BCUT2D eigenvalue weighted by Gasteiger charge is -2.35. The van der Waals surface area contributed by atoms with Crippen molar-refractivity contribution in [1.82, 2.24) is 15.1 Å². The number of aliphatic hydroxyl groups is 1. The number of rotatable bonds is 11. The van der Waals surface area contributed by atoms with Crippen molar-refractivity contribution in [2.45, 2.75) is 50.7 Å². The van der Waals surface area contributed by atoms with E-state index in [9.17, 15) is 14.7 Å². The number of carbonyl (C=O) groups is 2. The second-order valence-corrected chi connectivity index (χ2v) is 13.5. The fourth-order valence-corrected chi connectivity index (χ4v) is 7.20. The molecule has 3 aliphatic rings. The van der Waals surface area contributed by atoms with E-state index in [2.05, 4.69) is 34.5 Å². The maximum atomic E-state index is 13.8. The molecule has 0 aliphatic carbocycles. The van der Waals surface area contributed by atoms with Crippen LogP contribution in [0.3, 0.4) is 0 Å². The predicted octanol–water partition coefficient (Wildman–Crippen LogP) is 4.99. The highest BCUT2D eigenvalue weighted by Gasteiger charge is 2.42. The number of likely N-dealkylation sites (tertiary alicyclic amines) is 2. The van der Waals surface area contributed by atoms with Crippen LogP contribution in [0.2, 0.25) is 0 Å². The fourth-order valence-electron chi connectivity index (χ4n) is 7.20. The number of carbonyl (C=O) groups excluding carboxylic acids is 2. The summed E-state index contributed by atoms with van der Waals surface area (Å²) in [5.74, 6) is 0.982. The van der Waals surface area contributed by atoms with Crippen LogP contribution in [0.1, 0.15) is 55.2 Å². The molecule has 0 unspecified atom stereocenters. The Bertz CT molecular complexity index is 1430. The smallest absolute Gasteiger partial charge is 0.347 e. The van der Waals surface area contributed by atoms with Crippen LogP contribution < -0.4 is 10.1 Å². The zero-order valence-electron chi connectivity index (χ0n) is 27.4. The molecule has 2 N–H and O–H groups in total. The molecule has 3 aromatic rings. The molecule has 3 heterocycles. The molecule has 1 amide bonds. The fraction of sp³-hybridized carbons (Fsp3) is 0.487. The standard InChI is InChI=1S/C39H49N3O5/c43-37(33-14-20-40-21-15-33)42-24-18-32(19-25-42)28-46-36-13-7-12-35(26-36)39(45,34-10-5-2-6-11-34)38(44)47-29-31-16-22-41(23-17-31)27-30-8-3-1-4-9-30/h1-13,26,31-33,40,45H,14-25,27-29H2/t39-/m0/s1. The van der Waals surface area contributed by atoms with Gasteiger partial charge < -0.3 is 24.8 Å². The summed E-state index contributed by atoms with van der Waals surface area (Å²) in [6.07, 6.45) is 5.55. The third kappa shape index (κ3) is 8.42. The van der Waals surface area contributed by atoms with Crippen LogP contribution in [-0.2, 0) is 26.5 Å². The van der Waals surface area contributed by atoms with Gasteiger partial charge in [-0.2, -0.15) is 0 Å². The molecule has 8 heteroatoms. The normalized spacial score (nSPS) is 20.0. The van der Waals surface area contributed by atoms with Gasteiger partial charge in [-0.25, -0.2) is 4.79 Å². The summed E-state index contributed by atoms with van der Waals surface area (Å²) in [5, 5.41) is 15.4. The minimum atomic E-state index is -1.96. The molecule has 3 aliphatic heterocycles. The lowest BCUT2D eigenvalue weighted by atomic mass is 9.86. The van der Waals surface area contributed by atoms with E-state index < -0.39 is 11.6 Å². The van der Waals surface area contributed by atoms with Gasteiger partial charge in [-0.15, -0.1) is 0 Å². The van der Waals surface area contributed by atoms with E-state index in [0.717, 1.165) is 84.3 Å². The Labute approximate surface area is 279 Å². The number of nitrogens with zero attached hydrogens (tertiary/aromatic N) is 2. The molecule has 0 aromatic heterocycles. The molecule has 8 nitrogen and oxygen atoms in total. The summed E-state index contributed by atoms with van der Waals surface area (Å²) in [7, 11) is 0. The molecule has 6 rings (SSSR count). The number of benzene rings is 3. The first-order chi connectivity index (χ1) is 23.0. The molecular formula is C39H49N3O5. The number of piperidine rings is 3. The Morgan fingerprint density at radius 2 is 1.36 bits per heavy atom. The first-order valence-electron chi connectivity index (χ1n) is 17.4. The lowest BCUT2D eigenvalue weighted by molar-refractivity contribution is -0.164. The van der Waals surface area contributed by atoms with Crippen LogP contribution in [0.4, 0.5) is 0 Å². The van der Waals surface area contributed by atoms with Crippen LogP contribution in [0.5, 0.6) is 5.75 Å². The molecule has 3 aromatic carbocycles. The first-order valence-corrected chi connectivity index (χ1v) is 17.4. The maximum Gasteiger partial charge on any atom is 0.347 e. The molecule has 0 bridgehead atoms. The van der Waals surface area contributed by atoms with Gasteiger partial charge in [0.2, 0.25) is 11.5 Å². The van der Waals surface area contributed by atoms with Gasteiger partial charge in [0.25, 0.3) is 0 Å². The molecule has 3 saturated heterocycles. The van der Waals surface area contributed by atoms with Crippen molar-refractivity contribution in [3.63, 3.8) is 0 Å². The molecule has 0 radical (unpaired) electrons. The van der Waals surface area contributed by atoms with Gasteiger partial charge in [-0.1, -0.05) is 72.8 Å². The van der Waals surface area contributed by atoms with Gasteiger partial charge in [-0.05, 0) is 99.8 Å². The summed E-state index contributed by atoms with van der Waals surface area (Å²) in [4.78, 5) is 31.2. The van der Waals surface area contributed by atoms with Gasteiger partial charge in [0.1, 0.15) is 5.75 Å². The van der Waals surface area contributed by atoms with Gasteiger partial charge >= 0.3 is 5.97 Å². The second-order valence-electron chi connectivity index (χ2n) is 13.5. The second kappa shape index (κ2) is 15.9. The number of ether oxygens (including phenoxy) is 2. The average molecular weight is 640 g/mol. The van der Waals surface area contributed by atoms with Crippen molar-refractivity contribution in [2.75, 3.05) is 52.5 Å². The minimum Gasteiger partial charge on any atom is -0.493 e. The number of hydrogen-bond acceptors (Lipinski definition) is 7. The highest BCUT2D eigenvalue weighted by molar-refractivity contribution is 5.85. The predicted molar refractivity (Wildman–Crippen MR) is 182 cm³/mol. The van der Waals surface area contributed by atoms with Crippen molar-refractivity contribution >= 4 is 11.9 Å². The Morgan fingerprint density at radius 1 is 0.745 bits per heavy atom. The monoisotopic (exact) mass is 639 g/mol. The Morgan fingerprint density at radius 3 is 2.06 bits per heavy atom. The topological polar surface area (TPSA) is 91.3 Å². The maximum absolute atomic E-state index is 13.8. The molecule has 250 valence electrons. The Kier molecular flexibility index (Phi) is 11.2. The van der Waals surface area contributed by atoms with E-state index in [1.165, 1.54) is 5.56 Å². The van der Waals surface area contributed by atoms with E-state index >= 15 is 0 Å². The van der Waals surface area contributed by atoms with Crippen molar-refractivity contribution in [3.05, 3.63) is 102 Å². The number of hydrogen-bond donors (Lipinski definition) is 2. The van der Waals surface area contributed by atoms with Gasteiger partial charge in [0.05, 0.1) is 13.2 Å². The number of nitrogens with one attached hydrogen (secondary N) is 1. The quantitative estimate of drug-likeness (QED) is 0.286. The van der Waals surface area contributed by atoms with E-state index in [-0.39, 0.29) is 18.4 Å². The van der Waals surface area contributed by atoms with E-state index in [1.54, 1.807) is 24.3 Å². The van der Waals surface area contributed by atoms with Crippen LogP contribution in [-0.4, -0.2) is 79.3 Å². The third-order valence-corrected chi connectivity index (χ3v) is 10.2. The largest absolute Gasteiger partial charge is 0.493 e. The van der Waals surface area contributed by atoms with Gasteiger partial charge in [0, 0.05) is 31.1 Å². The average Bonchev–Trinajstić information content (AvgIpc) is 3.14. The summed E-state index contributed by atoms with van der Waals surface area (Å²) in [5.41, 5.74) is 0.230. The SMILES string of the molecule is O=C(C1CCNCC1)N1CCC(COc2cccc([C@](O)(C(=O)OCC3CCN(Cc4ccccc4)CC3)c3ccccc3)c2)CC1. The van der Waals surface area contributed by atoms with Crippen LogP contribution in [0, 0.1) is 17.8 Å². The summed E-state index contributed by atoms with van der Waals surface area (Å²) < 4.78 is 12.1. The molecule has 0 saturated carbocycles. The number of amides is 1. The van der Waals surface area contributed by atoms with Crippen LogP contribution in [0.15, 0.2) is 84.9 Å².